The second-order valence-electron chi connectivity index (χ2n) is 7.12. The Morgan fingerprint density at radius 1 is 1.07 bits per heavy atom. The first kappa shape index (κ1) is 20.4. The van der Waals surface area contributed by atoms with Gasteiger partial charge in [0.05, 0.1) is 17.7 Å². The number of ether oxygens (including phenoxy) is 1. The van der Waals surface area contributed by atoms with Crippen LogP contribution in [0.25, 0.3) is 0 Å². The Bertz CT molecular complexity index is 986. The molecule has 1 aliphatic carbocycles. The molecule has 0 heterocycles. The van der Waals surface area contributed by atoms with Gasteiger partial charge in [-0.05, 0) is 67.5 Å². The van der Waals surface area contributed by atoms with Crippen LogP contribution in [0.3, 0.4) is 0 Å². The highest BCUT2D eigenvalue weighted by atomic mass is 32.2. The molecule has 2 N–H and O–H groups in total. The van der Waals surface area contributed by atoms with Crippen LogP contribution in [-0.4, -0.2) is 21.4 Å². The van der Waals surface area contributed by atoms with Gasteiger partial charge in [0.25, 0.3) is 0 Å². The van der Waals surface area contributed by atoms with Crippen molar-refractivity contribution in [2.75, 3.05) is 12.4 Å². The zero-order valence-corrected chi connectivity index (χ0v) is 17.2. The van der Waals surface area contributed by atoms with Crippen LogP contribution in [0.15, 0.2) is 41.3 Å². The molecule has 1 amide bonds. The van der Waals surface area contributed by atoms with Crippen molar-refractivity contribution in [2.24, 2.45) is 0 Å². The summed E-state index contributed by atoms with van der Waals surface area (Å²) in [5.41, 5.74) is 3.94. The minimum Gasteiger partial charge on any atom is -0.495 e. The van der Waals surface area contributed by atoms with E-state index in [1.807, 2.05) is 13.0 Å². The topological polar surface area (TPSA) is 84.5 Å². The van der Waals surface area contributed by atoms with E-state index in [0.29, 0.717) is 11.4 Å². The fourth-order valence-corrected chi connectivity index (χ4v) is 4.79. The summed E-state index contributed by atoms with van der Waals surface area (Å²) in [5.74, 6) is 0.0973. The lowest BCUT2D eigenvalue weighted by Gasteiger charge is -2.20. The molecule has 0 radical (unpaired) electrons. The van der Waals surface area contributed by atoms with Crippen LogP contribution >= 0.6 is 0 Å². The predicted octanol–water partition coefficient (Wildman–Crippen LogP) is 3.57. The molecule has 0 fully saturated rings. The van der Waals surface area contributed by atoms with E-state index in [1.165, 1.54) is 56.2 Å². The van der Waals surface area contributed by atoms with Crippen LogP contribution in [0, 0.1) is 0 Å². The van der Waals surface area contributed by atoms with Gasteiger partial charge in [-0.15, -0.1) is 0 Å². The molecule has 28 heavy (non-hydrogen) atoms. The van der Waals surface area contributed by atoms with E-state index in [2.05, 4.69) is 22.2 Å². The molecule has 0 saturated carbocycles. The Balaban J connectivity index is 1.84. The number of sulfonamides is 1. The number of hydrogen-bond donors (Lipinski definition) is 2. The van der Waals surface area contributed by atoms with E-state index >= 15 is 0 Å². The van der Waals surface area contributed by atoms with Crippen LogP contribution in [-0.2, 0) is 27.7 Å². The normalized spacial score (nSPS) is 14.8. The number of anilines is 1. The first-order chi connectivity index (χ1) is 13.3. The molecule has 2 aromatic carbocycles. The minimum absolute atomic E-state index is 0.0712. The molecule has 3 rings (SSSR count). The van der Waals surface area contributed by atoms with Crippen LogP contribution in [0.2, 0.25) is 0 Å². The van der Waals surface area contributed by atoms with Gasteiger partial charge in [0.2, 0.25) is 15.9 Å². The summed E-state index contributed by atoms with van der Waals surface area (Å²) in [6.45, 7) is 3.19. The van der Waals surface area contributed by atoms with Crippen molar-refractivity contribution in [3.8, 4) is 5.75 Å². The van der Waals surface area contributed by atoms with Crippen molar-refractivity contribution in [1.29, 1.82) is 0 Å². The van der Waals surface area contributed by atoms with Crippen molar-refractivity contribution in [2.45, 2.75) is 50.5 Å². The average molecular weight is 403 g/mol. The summed E-state index contributed by atoms with van der Waals surface area (Å²) in [4.78, 5) is 11.5. The molecule has 2 aromatic rings. The van der Waals surface area contributed by atoms with Gasteiger partial charge in [0, 0.05) is 13.0 Å². The fraction of sp³-hybridized carbons (Fsp3) is 0.381. The van der Waals surface area contributed by atoms with Gasteiger partial charge in [-0.3, -0.25) is 4.79 Å². The van der Waals surface area contributed by atoms with Gasteiger partial charge >= 0.3 is 0 Å². The number of aryl methyl sites for hydroxylation is 2. The lowest BCUT2D eigenvalue weighted by atomic mass is 9.89. The van der Waals surface area contributed by atoms with E-state index in [4.69, 9.17) is 4.74 Å². The maximum atomic E-state index is 12.9. The van der Waals surface area contributed by atoms with Crippen LogP contribution in [0.1, 0.15) is 49.4 Å². The van der Waals surface area contributed by atoms with Crippen molar-refractivity contribution in [1.82, 2.24) is 4.72 Å². The number of methoxy groups -OCH3 is 1. The molecular formula is C21H26N2O4S. The smallest absolute Gasteiger partial charge is 0.241 e. The van der Waals surface area contributed by atoms with Gasteiger partial charge < -0.3 is 10.1 Å². The highest BCUT2D eigenvalue weighted by Crippen LogP contribution is 2.29. The van der Waals surface area contributed by atoms with Crippen molar-refractivity contribution in [3.05, 3.63) is 53.1 Å². The van der Waals surface area contributed by atoms with Crippen molar-refractivity contribution in [3.63, 3.8) is 0 Å². The second-order valence-corrected chi connectivity index (χ2v) is 8.84. The molecular weight excluding hydrogens is 376 g/mol. The van der Waals surface area contributed by atoms with E-state index in [9.17, 15) is 13.2 Å². The van der Waals surface area contributed by atoms with E-state index in [0.717, 1.165) is 18.4 Å². The van der Waals surface area contributed by atoms with Gasteiger partial charge in [-0.1, -0.05) is 18.2 Å². The second kappa shape index (κ2) is 8.32. The number of hydrogen-bond acceptors (Lipinski definition) is 4. The predicted molar refractivity (Wildman–Crippen MR) is 109 cm³/mol. The highest BCUT2D eigenvalue weighted by molar-refractivity contribution is 7.89. The third kappa shape index (κ3) is 4.54. The lowest BCUT2D eigenvalue weighted by molar-refractivity contribution is -0.114. The molecule has 0 aliphatic heterocycles. The Morgan fingerprint density at radius 3 is 2.46 bits per heavy atom. The molecule has 1 unspecified atom stereocenters. The van der Waals surface area contributed by atoms with E-state index in [1.54, 1.807) is 0 Å². The maximum Gasteiger partial charge on any atom is 0.241 e. The standard InChI is InChI=1S/C21H26N2O4S/c1-14(17-9-8-16-6-4-5-7-18(16)12-17)23-28(25,26)19-10-11-21(27-3)20(13-19)22-15(2)24/h8-14,23H,4-7H2,1-3H3,(H,22,24). The molecule has 7 heteroatoms. The molecule has 0 aromatic heterocycles. The summed E-state index contributed by atoms with van der Waals surface area (Å²) in [5, 5.41) is 2.60. The zero-order valence-electron chi connectivity index (χ0n) is 16.4. The summed E-state index contributed by atoms with van der Waals surface area (Å²) in [6, 6.07) is 10.2. The Morgan fingerprint density at radius 2 is 1.79 bits per heavy atom. The van der Waals surface area contributed by atoms with Crippen LogP contribution < -0.4 is 14.8 Å². The van der Waals surface area contributed by atoms with E-state index < -0.39 is 10.0 Å². The average Bonchev–Trinajstić information content (AvgIpc) is 2.66. The van der Waals surface area contributed by atoms with E-state index in [-0.39, 0.29) is 16.8 Å². The monoisotopic (exact) mass is 402 g/mol. The van der Waals surface area contributed by atoms with Crippen LogP contribution in [0.5, 0.6) is 5.75 Å². The Hall–Kier alpha value is -2.38. The van der Waals surface area contributed by atoms with Gasteiger partial charge in [0.15, 0.2) is 0 Å². The van der Waals surface area contributed by atoms with Crippen LogP contribution in [0.4, 0.5) is 5.69 Å². The maximum absolute atomic E-state index is 12.9. The molecule has 6 nitrogen and oxygen atoms in total. The fourth-order valence-electron chi connectivity index (χ4n) is 3.53. The summed E-state index contributed by atoms with van der Waals surface area (Å²) < 4.78 is 33.7. The van der Waals surface area contributed by atoms with Gasteiger partial charge in [-0.25, -0.2) is 13.1 Å². The highest BCUT2D eigenvalue weighted by Gasteiger charge is 2.21. The van der Waals surface area contributed by atoms with Gasteiger partial charge in [0.1, 0.15) is 5.75 Å². The minimum atomic E-state index is -3.77. The quantitative estimate of drug-likeness (QED) is 0.774. The Kier molecular flexibility index (Phi) is 6.05. The number of benzene rings is 2. The molecule has 1 aliphatic rings. The number of fused-ring (bicyclic) bond motifs is 1. The molecule has 0 bridgehead atoms. The summed E-state index contributed by atoms with van der Waals surface area (Å²) in [7, 11) is -2.31. The summed E-state index contributed by atoms with van der Waals surface area (Å²) in [6.07, 6.45) is 4.52. The third-order valence-electron chi connectivity index (χ3n) is 5.00. The SMILES string of the molecule is COc1ccc(S(=O)(=O)NC(C)c2ccc3c(c2)CCCC3)cc1NC(C)=O. The largest absolute Gasteiger partial charge is 0.495 e. The molecule has 1 atom stereocenters. The lowest BCUT2D eigenvalue weighted by Crippen LogP contribution is -2.27. The third-order valence-corrected chi connectivity index (χ3v) is 6.53. The number of rotatable bonds is 6. The molecule has 0 saturated heterocycles. The Labute approximate surface area is 166 Å². The van der Waals surface area contributed by atoms with Gasteiger partial charge in [-0.2, -0.15) is 0 Å². The first-order valence-corrected chi connectivity index (χ1v) is 10.9. The number of nitrogens with one attached hydrogen (secondary N) is 2. The first-order valence-electron chi connectivity index (χ1n) is 9.40. The number of carbonyl (C=O) groups is 1. The van der Waals surface area contributed by atoms with Crippen molar-refractivity contribution < 1.29 is 17.9 Å². The number of amides is 1. The molecule has 150 valence electrons. The summed E-state index contributed by atoms with van der Waals surface area (Å²) >= 11 is 0. The number of carbonyl (C=O) groups excluding carboxylic acids is 1. The zero-order chi connectivity index (χ0) is 20.3. The molecule has 0 spiro atoms. The van der Waals surface area contributed by atoms with Crippen molar-refractivity contribution >= 4 is 21.6 Å².